The second kappa shape index (κ2) is 7.07. The molecule has 25 heavy (non-hydrogen) atoms. The molecule has 0 bridgehead atoms. The van der Waals surface area contributed by atoms with Crippen LogP contribution in [0, 0.1) is 5.92 Å². The molecule has 0 heterocycles. The quantitative estimate of drug-likeness (QED) is 0.625. The highest BCUT2D eigenvalue weighted by molar-refractivity contribution is 5.94. The number of halogens is 6. The summed E-state index contributed by atoms with van der Waals surface area (Å²) >= 11 is 0. The fourth-order valence-corrected chi connectivity index (χ4v) is 2.13. The first-order valence-electron chi connectivity index (χ1n) is 7.16. The topological polar surface area (TPSA) is 40.5 Å². The van der Waals surface area contributed by atoms with Gasteiger partial charge in [0.05, 0.1) is 0 Å². The van der Waals surface area contributed by atoms with Crippen molar-refractivity contribution in [2.24, 2.45) is 5.92 Å². The standard InChI is InChI=1S/C16H17F6NO2/c1-4-9-23(13(24)10(2)3)12-7-5-11(6-8-12)14(25,15(17,18)19)16(20,21)22/h4-8,10,25H,1,9H2,2-3H3. The molecule has 0 aliphatic heterocycles. The molecule has 0 radical (unpaired) electrons. The lowest BCUT2D eigenvalue weighted by Gasteiger charge is -2.33. The highest BCUT2D eigenvalue weighted by Crippen LogP contribution is 2.50. The summed E-state index contributed by atoms with van der Waals surface area (Å²) in [7, 11) is 0. The molecule has 140 valence electrons. The normalized spacial score (nSPS) is 13.0. The third kappa shape index (κ3) is 3.97. The highest BCUT2D eigenvalue weighted by Gasteiger charge is 2.71. The summed E-state index contributed by atoms with van der Waals surface area (Å²) in [5.41, 5.74) is -6.29. The minimum Gasteiger partial charge on any atom is -0.369 e. The Morgan fingerprint density at radius 3 is 1.88 bits per heavy atom. The second-order valence-electron chi connectivity index (χ2n) is 5.65. The summed E-state index contributed by atoms with van der Waals surface area (Å²) in [4.78, 5) is 13.3. The maximum Gasteiger partial charge on any atom is 0.430 e. The van der Waals surface area contributed by atoms with Gasteiger partial charge in [0.15, 0.2) is 0 Å². The van der Waals surface area contributed by atoms with Crippen molar-refractivity contribution in [2.45, 2.75) is 31.8 Å². The summed E-state index contributed by atoms with van der Waals surface area (Å²) in [6, 6.07) is 2.84. The number of rotatable bonds is 5. The molecular formula is C16H17F6NO2. The molecule has 1 aromatic rings. The van der Waals surface area contributed by atoms with Crippen LogP contribution in [0.15, 0.2) is 36.9 Å². The van der Waals surface area contributed by atoms with Crippen LogP contribution in [-0.4, -0.2) is 29.9 Å². The van der Waals surface area contributed by atoms with Gasteiger partial charge in [0.1, 0.15) is 0 Å². The van der Waals surface area contributed by atoms with E-state index in [1.807, 2.05) is 0 Å². The first kappa shape index (κ1) is 21.0. The summed E-state index contributed by atoms with van der Waals surface area (Å²) in [6.45, 7) is 6.68. The van der Waals surface area contributed by atoms with E-state index in [4.69, 9.17) is 0 Å². The van der Waals surface area contributed by atoms with E-state index in [1.54, 1.807) is 13.8 Å². The largest absolute Gasteiger partial charge is 0.430 e. The Bertz CT molecular complexity index is 605. The summed E-state index contributed by atoms with van der Waals surface area (Å²) in [5.74, 6) is -0.823. The monoisotopic (exact) mass is 369 g/mol. The molecule has 0 saturated heterocycles. The Kier molecular flexibility index (Phi) is 5.94. The average molecular weight is 369 g/mol. The summed E-state index contributed by atoms with van der Waals surface area (Å²) in [5, 5.41) is 9.34. The molecule has 0 atom stereocenters. The van der Waals surface area contributed by atoms with Crippen molar-refractivity contribution in [2.75, 3.05) is 11.4 Å². The zero-order valence-electron chi connectivity index (χ0n) is 13.4. The number of anilines is 1. The van der Waals surface area contributed by atoms with Crippen LogP contribution in [0.3, 0.4) is 0 Å². The summed E-state index contributed by atoms with van der Waals surface area (Å²) in [6.07, 6.45) is -10.5. The van der Waals surface area contributed by atoms with E-state index in [1.165, 1.54) is 11.0 Å². The Balaban J connectivity index is 3.36. The molecule has 0 spiro atoms. The molecule has 1 aromatic carbocycles. The lowest BCUT2D eigenvalue weighted by atomic mass is 9.92. The van der Waals surface area contributed by atoms with Gasteiger partial charge in [0, 0.05) is 23.7 Å². The van der Waals surface area contributed by atoms with Crippen molar-refractivity contribution >= 4 is 11.6 Å². The van der Waals surface area contributed by atoms with E-state index in [9.17, 15) is 36.2 Å². The molecule has 0 saturated carbocycles. The summed E-state index contributed by atoms with van der Waals surface area (Å²) < 4.78 is 77.1. The lowest BCUT2D eigenvalue weighted by molar-refractivity contribution is -0.376. The number of nitrogens with zero attached hydrogens (tertiary/aromatic N) is 1. The third-order valence-corrected chi connectivity index (χ3v) is 3.49. The van der Waals surface area contributed by atoms with Gasteiger partial charge in [0.2, 0.25) is 5.91 Å². The number of aliphatic hydroxyl groups is 1. The molecule has 0 aliphatic carbocycles. The maximum atomic E-state index is 12.9. The highest BCUT2D eigenvalue weighted by atomic mass is 19.4. The molecule has 9 heteroatoms. The molecule has 1 amide bonds. The number of carbonyl (C=O) groups is 1. The van der Waals surface area contributed by atoms with E-state index in [0.29, 0.717) is 12.1 Å². The van der Waals surface area contributed by atoms with Crippen LogP contribution in [0.25, 0.3) is 0 Å². The number of carbonyl (C=O) groups excluding carboxylic acids is 1. The SMILES string of the molecule is C=CCN(C(=O)C(C)C)c1ccc(C(O)(C(F)(F)F)C(F)(F)F)cc1. The minimum absolute atomic E-state index is 0.0270. The molecule has 3 nitrogen and oxygen atoms in total. The van der Waals surface area contributed by atoms with Gasteiger partial charge in [-0.3, -0.25) is 4.79 Å². The second-order valence-corrected chi connectivity index (χ2v) is 5.65. The molecular weight excluding hydrogens is 352 g/mol. The Labute approximate surface area is 140 Å². The number of alkyl halides is 6. The molecule has 0 unspecified atom stereocenters. The Morgan fingerprint density at radius 1 is 1.12 bits per heavy atom. The predicted molar refractivity (Wildman–Crippen MR) is 79.8 cm³/mol. The predicted octanol–water partition coefficient (Wildman–Crippen LogP) is 4.17. The van der Waals surface area contributed by atoms with Crippen molar-refractivity contribution in [3.63, 3.8) is 0 Å². The van der Waals surface area contributed by atoms with Gasteiger partial charge < -0.3 is 10.0 Å². The third-order valence-electron chi connectivity index (χ3n) is 3.49. The van der Waals surface area contributed by atoms with Gasteiger partial charge in [-0.15, -0.1) is 6.58 Å². The van der Waals surface area contributed by atoms with E-state index in [0.717, 1.165) is 12.1 Å². The first-order chi connectivity index (χ1) is 11.3. The zero-order valence-corrected chi connectivity index (χ0v) is 13.4. The minimum atomic E-state index is -5.96. The Hall–Kier alpha value is -2.03. The van der Waals surface area contributed by atoms with E-state index < -0.39 is 29.4 Å². The van der Waals surface area contributed by atoms with Crippen LogP contribution in [0.4, 0.5) is 32.0 Å². The maximum absolute atomic E-state index is 12.9. The molecule has 0 aliphatic rings. The Morgan fingerprint density at radius 2 is 1.56 bits per heavy atom. The fourth-order valence-electron chi connectivity index (χ4n) is 2.13. The van der Waals surface area contributed by atoms with Crippen molar-refractivity contribution in [3.8, 4) is 0 Å². The van der Waals surface area contributed by atoms with Gasteiger partial charge in [-0.2, -0.15) is 26.3 Å². The van der Waals surface area contributed by atoms with Gasteiger partial charge in [-0.25, -0.2) is 0 Å². The lowest BCUT2D eigenvalue weighted by Crippen LogP contribution is -2.53. The van der Waals surface area contributed by atoms with Crippen LogP contribution in [0.2, 0.25) is 0 Å². The van der Waals surface area contributed by atoms with Crippen molar-refractivity contribution in [1.29, 1.82) is 0 Å². The first-order valence-corrected chi connectivity index (χ1v) is 7.16. The zero-order chi connectivity index (χ0) is 19.6. The van der Waals surface area contributed by atoms with Crippen molar-refractivity contribution in [1.82, 2.24) is 0 Å². The van der Waals surface area contributed by atoms with Crippen molar-refractivity contribution < 1.29 is 36.2 Å². The van der Waals surface area contributed by atoms with Crippen LogP contribution >= 0.6 is 0 Å². The molecule has 0 fully saturated rings. The van der Waals surface area contributed by atoms with E-state index >= 15 is 0 Å². The smallest absolute Gasteiger partial charge is 0.369 e. The van der Waals surface area contributed by atoms with Gasteiger partial charge >= 0.3 is 12.4 Å². The number of hydrogen-bond donors (Lipinski definition) is 1. The molecule has 1 N–H and O–H groups in total. The van der Waals surface area contributed by atoms with Crippen LogP contribution in [-0.2, 0) is 10.4 Å². The van der Waals surface area contributed by atoms with Crippen molar-refractivity contribution in [3.05, 3.63) is 42.5 Å². The van der Waals surface area contributed by atoms with Crippen LogP contribution in [0.1, 0.15) is 19.4 Å². The van der Waals surface area contributed by atoms with Crippen LogP contribution < -0.4 is 4.90 Å². The van der Waals surface area contributed by atoms with E-state index in [-0.39, 0.29) is 18.1 Å². The number of hydrogen-bond acceptors (Lipinski definition) is 2. The fraction of sp³-hybridized carbons (Fsp3) is 0.438. The molecule has 0 aromatic heterocycles. The van der Waals surface area contributed by atoms with E-state index in [2.05, 4.69) is 6.58 Å². The average Bonchev–Trinajstić information content (AvgIpc) is 2.49. The van der Waals surface area contributed by atoms with Crippen LogP contribution in [0.5, 0.6) is 0 Å². The number of amides is 1. The van der Waals surface area contributed by atoms with Gasteiger partial charge in [-0.1, -0.05) is 32.1 Å². The molecule has 1 rings (SSSR count). The van der Waals surface area contributed by atoms with Gasteiger partial charge in [0.25, 0.3) is 5.60 Å². The number of benzene rings is 1. The van der Waals surface area contributed by atoms with Gasteiger partial charge in [-0.05, 0) is 12.1 Å².